The number of nitrogens with two attached hydrogens (primary N) is 1. The van der Waals surface area contributed by atoms with Crippen molar-refractivity contribution in [3.05, 3.63) is 0 Å². The van der Waals surface area contributed by atoms with Gasteiger partial charge >= 0.3 is 0 Å². The molecule has 4 heteroatoms. The fraction of sp³-hybridized carbons (Fsp3) is 1.00. The van der Waals surface area contributed by atoms with Gasteiger partial charge in [0.1, 0.15) is 0 Å². The number of hydrogen-bond donors (Lipinski definition) is 1. The summed E-state index contributed by atoms with van der Waals surface area (Å²) >= 11 is 0. The van der Waals surface area contributed by atoms with Crippen molar-refractivity contribution in [2.45, 2.75) is 49.9 Å². The monoisotopic (exact) mass is 226 g/mol. The maximum atomic E-state index is 6.23. The van der Waals surface area contributed by atoms with E-state index in [0.29, 0.717) is 18.2 Å². The molecule has 1 aliphatic carbocycles. The van der Waals surface area contributed by atoms with Crippen LogP contribution in [0.3, 0.4) is 0 Å². The van der Waals surface area contributed by atoms with Gasteiger partial charge in [-0.2, -0.15) is 0 Å². The van der Waals surface area contributed by atoms with Crippen LogP contribution in [0.1, 0.15) is 25.7 Å². The Morgan fingerprint density at radius 1 is 1.06 bits per heavy atom. The SMILES string of the molecule is NC1CCOCC1N1CCOC2CCCC21. The van der Waals surface area contributed by atoms with Crippen LogP contribution in [0.4, 0.5) is 0 Å². The number of ether oxygens (including phenoxy) is 2. The van der Waals surface area contributed by atoms with E-state index in [1.54, 1.807) is 0 Å². The van der Waals surface area contributed by atoms with Gasteiger partial charge in [-0.25, -0.2) is 0 Å². The first-order valence-electron chi connectivity index (χ1n) is 6.57. The van der Waals surface area contributed by atoms with E-state index in [1.165, 1.54) is 19.3 Å². The van der Waals surface area contributed by atoms with E-state index >= 15 is 0 Å². The van der Waals surface area contributed by atoms with Crippen molar-refractivity contribution in [2.24, 2.45) is 5.73 Å². The number of morpholine rings is 1. The fourth-order valence-corrected chi connectivity index (χ4v) is 3.45. The summed E-state index contributed by atoms with van der Waals surface area (Å²) < 4.78 is 11.4. The zero-order valence-corrected chi connectivity index (χ0v) is 9.81. The lowest BCUT2D eigenvalue weighted by Gasteiger charge is -2.45. The van der Waals surface area contributed by atoms with Gasteiger partial charge in [-0.3, -0.25) is 4.90 Å². The molecule has 3 aliphatic rings. The quantitative estimate of drug-likeness (QED) is 0.701. The summed E-state index contributed by atoms with van der Waals surface area (Å²) in [7, 11) is 0. The lowest BCUT2D eigenvalue weighted by Crippen LogP contribution is -2.61. The van der Waals surface area contributed by atoms with E-state index in [9.17, 15) is 0 Å². The Kier molecular flexibility index (Phi) is 3.16. The molecular formula is C12H22N2O2. The molecule has 2 aliphatic heterocycles. The molecule has 0 aromatic carbocycles. The maximum Gasteiger partial charge on any atom is 0.0731 e. The third-order valence-electron chi connectivity index (χ3n) is 4.33. The molecule has 0 amide bonds. The number of hydrogen-bond acceptors (Lipinski definition) is 4. The predicted molar refractivity (Wildman–Crippen MR) is 61.3 cm³/mol. The first-order valence-corrected chi connectivity index (χ1v) is 6.57. The van der Waals surface area contributed by atoms with E-state index in [1.807, 2.05) is 0 Å². The van der Waals surface area contributed by atoms with Crippen molar-refractivity contribution in [1.82, 2.24) is 4.90 Å². The highest BCUT2D eigenvalue weighted by Crippen LogP contribution is 2.32. The molecular weight excluding hydrogens is 204 g/mol. The van der Waals surface area contributed by atoms with Gasteiger partial charge in [-0.1, -0.05) is 0 Å². The van der Waals surface area contributed by atoms with Crippen molar-refractivity contribution in [3.8, 4) is 0 Å². The summed E-state index contributed by atoms with van der Waals surface area (Å²) in [6.45, 7) is 3.54. The van der Waals surface area contributed by atoms with Crippen LogP contribution in [0, 0.1) is 0 Å². The molecule has 0 bridgehead atoms. The minimum absolute atomic E-state index is 0.285. The van der Waals surface area contributed by atoms with Gasteiger partial charge < -0.3 is 15.2 Å². The van der Waals surface area contributed by atoms with E-state index in [2.05, 4.69) is 4.90 Å². The fourth-order valence-electron chi connectivity index (χ4n) is 3.45. The van der Waals surface area contributed by atoms with Crippen LogP contribution < -0.4 is 5.73 Å². The summed E-state index contributed by atoms with van der Waals surface area (Å²) in [5.74, 6) is 0. The van der Waals surface area contributed by atoms with E-state index in [0.717, 1.165) is 32.8 Å². The van der Waals surface area contributed by atoms with Gasteiger partial charge in [0.2, 0.25) is 0 Å². The van der Waals surface area contributed by atoms with Gasteiger partial charge in [-0.15, -0.1) is 0 Å². The highest BCUT2D eigenvalue weighted by atomic mass is 16.5. The zero-order valence-electron chi connectivity index (χ0n) is 9.81. The Labute approximate surface area is 97.1 Å². The molecule has 1 saturated carbocycles. The summed E-state index contributed by atoms with van der Waals surface area (Å²) in [5, 5.41) is 0. The summed E-state index contributed by atoms with van der Waals surface area (Å²) in [6.07, 6.45) is 5.26. The highest BCUT2D eigenvalue weighted by molar-refractivity contribution is 4.96. The van der Waals surface area contributed by atoms with Crippen LogP contribution in [0.2, 0.25) is 0 Å². The molecule has 4 atom stereocenters. The van der Waals surface area contributed by atoms with Gasteiger partial charge in [0, 0.05) is 31.3 Å². The molecule has 2 saturated heterocycles. The summed E-state index contributed by atoms with van der Waals surface area (Å²) in [6, 6.07) is 1.31. The molecule has 0 aromatic rings. The number of rotatable bonds is 1. The third-order valence-corrected chi connectivity index (χ3v) is 4.33. The lowest BCUT2D eigenvalue weighted by molar-refractivity contribution is -0.0986. The number of fused-ring (bicyclic) bond motifs is 1. The molecule has 92 valence electrons. The van der Waals surface area contributed by atoms with Gasteiger partial charge in [0.25, 0.3) is 0 Å². The average Bonchev–Trinajstić information content (AvgIpc) is 2.77. The lowest BCUT2D eigenvalue weighted by atomic mass is 9.99. The predicted octanol–water partition coefficient (Wildman–Crippen LogP) is 0.356. The number of nitrogens with zero attached hydrogens (tertiary/aromatic N) is 1. The topological polar surface area (TPSA) is 47.7 Å². The van der Waals surface area contributed by atoms with E-state index in [-0.39, 0.29) is 6.04 Å². The van der Waals surface area contributed by atoms with Crippen molar-refractivity contribution in [2.75, 3.05) is 26.4 Å². The van der Waals surface area contributed by atoms with Crippen LogP contribution in [-0.4, -0.2) is 55.5 Å². The van der Waals surface area contributed by atoms with Gasteiger partial charge in [0.05, 0.1) is 19.3 Å². The molecule has 0 aromatic heterocycles. The van der Waals surface area contributed by atoms with Gasteiger partial charge in [0.15, 0.2) is 0 Å². The molecule has 4 nitrogen and oxygen atoms in total. The Morgan fingerprint density at radius 2 is 2.00 bits per heavy atom. The Hall–Kier alpha value is -0.160. The highest BCUT2D eigenvalue weighted by Gasteiger charge is 2.41. The van der Waals surface area contributed by atoms with Crippen molar-refractivity contribution >= 4 is 0 Å². The molecule has 0 spiro atoms. The Balaban J connectivity index is 1.71. The Morgan fingerprint density at radius 3 is 2.88 bits per heavy atom. The van der Waals surface area contributed by atoms with Crippen molar-refractivity contribution in [3.63, 3.8) is 0 Å². The van der Waals surface area contributed by atoms with Crippen molar-refractivity contribution < 1.29 is 9.47 Å². The molecule has 2 heterocycles. The van der Waals surface area contributed by atoms with Crippen molar-refractivity contribution in [1.29, 1.82) is 0 Å². The minimum atomic E-state index is 0.285. The van der Waals surface area contributed by atoms with Crippen LogP contribution in [0.25, 0.3) is 0 Å². The molecule has 0 radical (unpaired) electrons. The minimum Gasteiger partial charge on any atom is -0.380 e. The zero-order chi connectivity index (χ0) is 11.0. The normalized spacial score (nSPS) is 45.6. The van der Waals surface area contributed by atoms with Crippen LogP contribution in [0.5, 0.6) is 0 Å². The third kappa shape index (κ3) is 1.88. The first-order chi connectivity index (χ1) is 7.86. The van der Waals surface area contributed by atoms with Crippen LogP contribution in [0.15, 0.2) is 0 Å². The average molecular weight is 226 g/mol. The standard InChI is InChI=1S/C12H22N2O2/c13-9-4-6-15-8-11(9)14-5-7-16-12-3-1-2-10(12)14/h9-12H,1-8,13H2. The second kappa shape index (κ2) is 4.61. The largest absolute Gasteiger partial charge is 0.380 e. The molecule has 4 unspecified atom stereocenters. The van der Waals surface area contributed by atoms with Gasteiger partial charge in [-0.05, 0) is 25.7 Å². The Bertz CT molecular complexity index is 249. The second-order valence-corrected chi connectivity index (χ2v) is 5.24. The second-order valence-electron chi connectivity index (χ2n) is 5.24. The maximum absolute atomic E-state index is 6.23. The summed E-state index contributed by atoms with van der Waals surface area (Å²) in [5.41, 5.74) is 6.23. The van der Waals surface area contributed by atoms with Crippen LogP contribution >= 0.6 is 0 Å². The van der Waals surface area contributed by atoms with Crippen LogP contribution in [-0.2, 0) is 9.47 Å². The molecule has 2 N–H and O–H groups in total. The van der Waals surface area contributed by atoms with E-state index in [4.69, 9.17) is 15.2 Å². The summed E-state index contributed by atoms with van der Waals surface area (Å²) in [4.78, 5) is 2.57. The molecule has 3 fully saturated rings. The molecule has 3 rings (SSSR count). The van der Waals surface area contributed by atoms with E-state index < -0.39 is 0 Å². The molecule has 16 heavy (non-hydrogen) atoms. The smallest absolute Gasteiger partial charge is 0.0731 e. The first kappa shape index (κ1) is 11.0.